The van der Waals surface area contributed by atoms with E-state index in [-0.39, 0.29) is 5.56 Å². The quantitative estimate of drug-likeness (QED) is 0.722. The number of thiazole rings is 1. The fraction of sp³-hybridized carbons (Fsp3) is 0.154. The lowest BCUT2D eigenvalue weighted by Crippen LogP contribution is -2.29. The standard InChI is InChI=1S/C13H10N2O2S/c16-8-10-3-1-9(2-4-10)7-11-12(17)15-6-5-14-13(15)18-11/h1-4,7-8H,5-6H2/b11-7-. The lowest BCUT2D eigenvalue weighted by Gasteiger charge is -1.92. The van der Waals surface area contributed by atoms with Gasteiger partial charge >= 0.3 is 0 Å². The first kappa shape index (κ1) is 11.1. The van der Waals surface area contributed by atoms with Crippen LogP contribution in [-0.4, -0.2) is 17.4 Å². The summed E-state index contributed by atoms with van der Waals surface area (Å²) in [6.45, 7) is 1.39. The van der Waals surface area contributed by atoms with Gasteiger partial charge in [-0.15, -0.1) is 0 Å². The number of fused-ring (bicyclic) bond motifs is 1. The van der Waals surface area contributed by atoms with Gasteiger partial charge in [0.2, 0.25) is 0 Å². The average Bonchev–Trinajstić information content (AvgIpc) is 2.95. The van der Waals surface area contributed by atoms with Crippen molar-refractivity contribution in [3.8, 4) is 0 Å². The van der Waals surface area contributed by atoms with Crippen LogP contribution in [0.1, 0.15) is 15.9 Å². The summed E-state index contributed by atoms with van der Waals surface area (Å²) in [5.41, 5.74) is 1.57. The van der Waals surface area contributed by atoms with E-state index in [1.54, 1.807) is 16.7 Å². The van der Waals surface area contributed by atoms with Crippen LogP contribution < -0.4 is 14.9 Å². The highest BCUT2D eigenvalue weighted by atomic mass is 32.1. The van der Waals surface area contributed by atoms with Crippen molar-refractivity contribution in [2.45, 2.75) is 6.54 Å². The molecule has 0 spiro atoms. The van der Waals surface area contributed by atoms with Crippen LogP contribution in [0, 0.1) is 0 Å². The molecule has 0 radical (unpaired) electrons. The predicted octanol–water partition coefficient (Wildman–Crippen LogP) is 0.184. The largest absolute Gasteiger partial charge is 0.298 e. The molecule has 2 heterocycles. The number of aromatic nitrogens is 1. The summed E-state index contributed by atoms with van der Waals surface area (Å²) in [5, 5.41) is 0. The molecule has 0 amide bonds. The molecule has 0 atom stereocenters. The summed E-state index contributed by atoms with van der Waals surface area (Å²) < 4.78 is 2.39. The molecule has 1 aliphatic rings. The van der Waals surface area contributed by atoms with Gasteiger partial charge in [-0.05, 0) is 11.6 Å². The SMILES string of the molecule is O=Cc1ccc(/C=c2\sc3n(c2=O)CCN=3)cc1. The molecule has 0 saturated heterocycles. The molecule has 3 rings (SSSR count). The molecular weight excluding hydrogens is 248 g/mol. The van der Waals surface area contributed by atoms with Crippen LogP contribution in [0.25, 0.3) is 6.08 Å². The second kappa shape index (κ2) is 4.34. The Hall–Kier alpha value is -2.01. The van der Waals surface area contributed by atoms with Crippen molar-refractivity contribution in [3.05, 3.63) is 55.1 Å². The van der Waals surface area contributed by atoms with Gasteiger partial charge in [0.05, 0.1) is 11.1 Å². The smallest absolute Gasteiger partial charge is 0.270 e. The molecule has 4 nitrogen and oxygen atoms in total. The maximum Gasteiger partial charge on any atom is 0.270 e. The molecule has 1 aliphatic heterocycles. The number of hydrogen-bond acceptors (Lipinski definition) is 4. The summed E-state index contributed by atoms with van der Waals surface area (Å²) in [4.78, 5) is 27.6. The summed E-state index contributed by atoms with van der Waals surface area (Å²) in [6.07, 6.45) is 2.64. The summed E-state index contributed by atoms with van der Waals surface area (Å²) >= 11 is 1.41. The number of aldehydes is 1. The first-order valence-electron chi connectivity index (χ1n) is 5.59. The van der Waals surface area contributed by atoms with E-state index in [2.05, 4.69) is 4.99 Å². The molecule has 0 aliphatic carbocycles. The Morgan fingerprint density at radius 1 is 1.22 bits per heavy atom. The van der Waals surface area contributed by atoms with Gasteiger partial charge in [0.1, 0.15) is 6.29 Å². The highest BCUT2D eigenvalue weighted by Crippen LogP contribution is 2.02. The van der Waals surface area contributed by atoms with E-state index in [4.69, 9.17) is 0 Å². The van der Waals surface area contributed by atoms with Crippen LogP contribution in [-0.2, 0) is 6.54 Å². The van der Waals surface area contributed by atoms with E-state index >= 15 is 0 Å². The Kier molecular flexibility index (Phi) is 2.68. The minimum atomic E-state index is 0.0238. The van der Waals surface area contributed by atoms with Crippen LogP contribution in [0.3, 0.4) is 0 Å². The van der Waals surface area contributed by atoms with Crippen LogP contribution in [0.2, 0.25) is 0 Å². The van der Waals surface area contributed by atoms with Crippen molar-refractivity contribution in [1.82, 2.24) is 4.57 Å². The third-order valence-electron chi connectivity index (χ3n) is 2.83. The molecule has 0 fully saturated rings. The molecule has 90 valence electrons. The lowest BCUT2D eigenvalue weighted by molar-refractivity contribution is 0.112. The number of rotatable bonds is 2. The highest BCUT2D eigenvalue weighted by Gasteiger charge is 2.09. The normalized spacial score (nSPS) is 14.3. The lowest BCUT2D eigenvalue weighted by atomic mass is 10.1. The maximum atomic E-state index is 12.0. The van der Waals surface area contributed by atoms with E-state index in [1.807, 2.05) is 18.2 Å². The second-order valence-electron chi connectivity index (χ2n) is 4.02. The van der Waals surface area contributed by atoms with Crippen LogP contribution in [0.15, 0.2) is 34.1 Å². The first-order chi connectivity index (χ1) is 8.78. The average molecular weight is 258 g/mol. The van der Waals surface area contributed by atoms with Gasteiger partial charge in [0.15, 0.2) is 4.80 Å². The molecule has 0 unspecified atom stereocenters. The monoisotopic (exact) mass is 258 g/mol. The molecule has 1 aromatic heterocycles. The molecule has 1 aromatic carbocycles. The molecule has 0 bridgehead atoms. The highest BCUT2D eigenvalue weighted by molar-refractivity contribution is 7.07. The number of carbonyl (C=O) groups excluding carboxylic acids is 1. The van der Waals surface area contributed by atoms with Crippen molar-refractivity contribution >= 4 is 23.7 Å². The zero-order valence-corrected chi connectivity index (χ0v) is 10.3. The van der Waals surface area contributed by atoms with Crippen molar-refractivity contribution in [2.24, 2.45) is 4.99 Å². The van der Waals surface area contributed by atoms with Gasteiger partial charge in [-0.1, -0.05) is 35.6 Å². The topological polar surface area (TPSA) is 51.4 Å². The van der Waals surface area contributed by atoms with Crippen LogP contribution in [0.4, 0.5) is 0 Å². The van der Waals surface area contributed by atoms with Crippen molar-refractivity contribution in [2.75, 3.05) is 6.54 Å². The fourth-order valence-corrected chi connectivity index (χ4v) is 2.92. The zero-order valence-electron chi connectivity index (χ0n) is 9.50. The van der Waals surface area contributed by atoms with E-state index in [0.717, 1.165) is 16.7 Å². The molecule has 18 heavy (non-hydrogen) atoms. The maximum absolute atomic E-state index is 12.0. The van der Waals surface area contributed by atoms with Crippen LogP contribution >= 0.6 is 11.3 Å². The Balaban J connectivity index is 2.11. The predicted molar refractivity (Wildman–Crippen MR) is 69.6 cm³/mol. The third-order valence-corrected chi connectivity index (χ3v) is 3.87. The van der Waals surface area contributed by atoms with Gasteiger partial charge in [-0.2, -0.15) is 0 Å². The van der Waals surface area contributed by atoms with Gasteiger partial charge < -0.3 is 0 Å². The molecule has 2 aromatic rings. The number of hydrogen-bond donors (Lipinski definition) is 0. The van der Waals surface area contributed by atoms with E-state index < -0.39 is 0 Å². The first-order valence-corrected chi connectivity index (χ1v) is 6.41. The molecule has 0 N–H and O–H groups in total. The van der Waals surface area contributed by atoms with E-state index in [1.165, 1.54) is 11.3 Å². The Bertz CT molecular complexity index is 769. The summed E-state index contributed by atoms with van der Waals surface area (Å²) in [6, 6.07) is 7.13. The van der Waals surface area contributed by atoms with Crippen molar-refractivity contribution < 1.29 is 4.79 Å². The van der Waals surface area contributed by atoms with Gasteiger partial charge in [-0.25, -0.2) is 0 Å². The third kappa shape index (κ3) is 1.82. The van der Waals surface area contributed by atoms with Crippen molar-refractivity contribution in [3.63, 3.8) is 0 Å². The Labute approximate surface area is 107 Å². The minimum Gasteiger partial charge on any atom is -0.298 e. The fourth-order valence-electron chi connectivity index (χ4n) is 1.89. The number of carbonyl (C=O) groups is 1. The zero-order chi connectivity index (χ0) is 12.5. The van der Waals surface area contributed by atoms with Gasteiger partial charge in [0, 0.05) is 12.1 Å². The van der Waals surface area contributed by atoms with E-state index in [9.17, 15) is 9.59 Å². The molecular formula is C13H10N2O2S. The summed E-state index contributed by atoms with van der Waals surface area (Å²) in [7, 11) is 0. The van der Waals surface area contributed by atoms with Gasteiger partial charge in [-0.3, -0.25) is 19.1 Å². The minimum absolute atomic E-state index is 0.0238. The summed E-state index contributed by atoms with van der Waals surface area (Å²) in [5.74, 6) is 0. The Morgan fingerprint density at radius 2 is 1.94 bits per heavy atom. The Morgan fingerprint density at radius 3 is 2.61 bits per heavy atom. The number of benzene rings is 1. The second-order valence-corrected chi connectivity index (χ2v) is 5.03. The van der Waals surface area contributed by atoms with E-state index in [0.29, 0.717) is 23.2 Å². The molecule has 0 saturated carbocycles. The van der Waals surface area contributed by atoms with Crippen LogP contribution in [0.5, 0.6) is 0 Å². The number of nitrogens with zero attached hydrogens (tertiary/aromatic N) is 2. The van der Waals surface area contributed by atoms with Gasteiger partial charge in [0.25, 0.3) is 5.56 Å². The molecule has 5 heteroatoms. The van der Waals surface area contributed by atoms with Crippen molar-refractivity contribution in [1.29, 1.82) is 0 Å².